The number of thioether (sulfide) groups is 1. The van der Waals surface area contributed by atoms with Gasteiger partial charge in [0.1, 0.15) is 0 Å². The van der Waals surface area contributed by atoms with Gasteiger partial charge in [-0.15, -0.1) is 0 Å². The fourth-order valence-electron chi connectivity index (χ4n) is 2.28. The van der Waals surface area contributed by atoms with E-state index in [4.69, 9.17) is 5.73 Å². The van der Waals surface area contributed by atoms with E-state index in [9.17, 15) is 4.79 Å². The van der Waals surface area contributed by atoms with Crippen molar-refractivity contribution in [1.82, 2.24) is 10.3 Å². The molecule has 0 aliphatic rings. The second kappa shape index (κ2) is 7.52. The number of carbonyl (C=O) groups is 1. The fraction of sp³-hybridized carbons (Fsp3) is 0.438. The molecule has 1 aromatic heterocycles. The van der Waals surface area contributed by atoms with E-state index < -0.39 is 6.04 Å². The monoisotopic (exact) mass is 305 g/mol. The van der Waals surface area contributed by atoms with E-state index in [-0.39, 0.29) is 5.91 Å². The van der Waals surface area contributed by atoms with Crippen molar-refractivity contribution in [1.29, 1.82) is 0 Å². The second-order valence-corrected chi connectivity index (χ2v) is 6.57. The van der Waals surface area contributed by atoms with E-state index in [0.29, 0.717) is 18.2 Å². The zero-order chi connectivity index (χ0) is 15.2. The minimum absolute atomic E-state index is 0.0754. The highest BCUT2D eigenvalue weighted by Gasteiger charge is 2.15. The van der Waals surface area contributed by atoms with E-state index in [1.807, 2.05) is 30.5 Å². The van der Waals surface area contributed by atoms with Crippen LogP contribution in [0.1, 0.15) is 18.9 Å². The van der Waals surface area contributed by atoms with Gasteiger partial charge in [0.2, 0.25) is 5.91 Å². The van der Waals surface area contributed by atoms with Crippen molar-refractivity contribution in [3.8, 4) is 0 Å². The third-order valence-corrected chi connectivity index (χ3v) is 4.74. The number of H-pyrrole nitrogens is 1. The Morgan fingerprint density at radius 2 is 2.19 bits per heavy atom. The van der Waals surface area contributed by atoms with Gasteiger partial charge in [0.05, 0.1) is 6.04 Å². The van der Waals surface area contributed by atoms with Crippen LogP contribution < -0.4 is 11.1 Å². The summed E-state index contributed by atoms with van der Waals surface area (Å²) in [7, 11) is 0. The predicted molar refractivity (Wildman–Crippen MR) is 90.6 cm³/mol. The molecule has 0 saturated heterocycles. The summed E-state index contributed by atoms with van der Waals surface area (Å²) in [4.78, 5) is 15.2. The van der Waals surface area contributed by atoms with Gasteiger partial charge in [-0.1, -0.05) is 25.1 Å². The van der Waals surface area contributed by atoms with E-state index in [1.54, 1.807) is 11.8 Å². The molecule has 2 aromatic rings. The van der Waals surface area contributed by atoms with Gasteiger partial charge in [-0.05, 0) is 30.7 Å². The standard InChI is InChI=1S/C16H23N3OS/c1-11(21-2)7-8-18-16(20)14(17)9-12-10-19-15-6-4-3-5-13(12)15/h3-6,10-11,14,19H,7-9,17H2,1-2H3,(H,18,20)/t11?,14-/m1/s1. The van der Waals surface area contributed by atoms with Crippen molar-refractivity contribution in [2.75, 3.05) is 12.8 Å². The Hall–Kier alpha value is -1.46. The number of para-hydroxylation sites is 1. The lowest BCUT2D eigenvalue weighted by Gasteiger charge is -2.13. The number of benzene rings is 1. The average Bonchev–Trinajstić information content (AvgIpc) is 2.90. The normalized spacial score (nSPS) is 14.0. The number of fused-ring (bicyclic) bond motifs is 1. The Morgan fingerprint density at radius 3 is 2.95 bits per heavy atom. The maximum absolute atomic E-state index is 12.0. The van der Waals surface area contributed by atoms with Crippen LogP contribution in [0.15, 0.2) is 30.5 Å². The number of nitrogens with one attached hydrogen (secondary N) is 2. The molecule has 1 amide bonds. The molecule has 0 radical (unpaired) electrons. The molecule has 1 unspecified atom stereocenters. The zero-order valence-electron chi connectivity index (χ0n) is 12.6. The number of rotatable bonds is 7. The summed E-state index contributed by atoms with van der Waals surface area (Å²) in [6.45, 7) is 2.84. The van der Waals surface area contributed by atoms with Crippen molar-refractivity contribution in [2.24, 2.45) is 5.73 Å². The number of amides is 1. The van der Waals surface area contributed by atoms with Crippen molar-refractivity contribution < 1.29 is 4.79 Å². The Labute approximate surface area is 129 Å². The van der Waals surface area contributed by atoms with Gasteiger partial charge in [0, 0.05) is 28.9 Å². The van der Waals surface area contributed by atoms with Crippen LogP contribution in [0.2, 0.25) is 0 Å². The molecule has 4 nitrogen and oxygen atoms in total. The van der Waals surface area contributed by atoms with Crippen LogP contribution in [0.25, 0.3) is 10.9 Å². The molecule has 2 atom stereocenters. The van der Waals surface area contributed by atoms with Gasteiger partial charge in [0.25, 0.3) is 0 Å². The van der Waals surface area contributed by atoms with Crippen LogP contribution in [0.3, 0.4) is 0 Å². The van der Waals surface area contributed by atoms with Crippen LogP contribution in [0.4, 0.5) is 0 Å². The third-order valence-electron chi connectivity index (χ3n) is 3.70. The molecular formula is C16H23N3OS. The minimum atomic E-state index is -0.506. The van der Waals surface area contributed by atoms with E-state index in [2.05, 4.69) is 23.5 Å². The summed E-state index contributed by atoms with van der Waals surface area (Å²) < 4.78 is 0. The Balaban J connectivity index is 1.88. The molecule has 2 rings (SSSR count). The van der Waals surface area contributed by atoms with Crippen LogP contribution >= 0.6 is 11.8 Å². The summed E-state index contributed by atoms with van der Waals surface area (Å²) in [6, 6.07) is 7.55. The molecule has 0 bridgehead atoms. The molecule has 114 valence electrons. The van der Waals surface area contributed by atoms with Gasteiger partial charge in [-0.3, -0.25) is 4.79 Å². The number of hydrogen-bond donors (Lipinski definition) is 3. The molecule has 0 fully saturated rings. The number of aromatic nitrogens is 1. The highest BCUT2D eigenvalue weighted by Crippen LogP contribution is 2.18. The molecule has 0 aliphatic carbocycles. The van der Waals surface area contributed by atoms with E-state index in [1.165, 1.54) is 0 Å². The smallest absolute Gasteiger partial charge is 0.237 e. The SMILES string of the molecule is CSC(C)CCNC(=O)[C@H](N)Cc1c[nH]c2ccccc12. The summed E-state index contributed by atoms with van der Waals surface area (Å²) in [5.74, 6) is -0.0754. The zero-order valence-corrected chi connectivity index (χ0v) is 13.4. The highest BCUT2D eigenvalue weighted by atomic mass is 32.2. The van der Waals surface area contributed by atoms with Crippen LogP contribution in [0, 0.1) is 0 Å². The lowest BCUT2D eigenvalue weighted by Crippen LogP contribution is -2.42. The predicted octanol–water partition coefficient (Wildman–Crippen LogP) is 2.30. The van der Waals surface area contributed by atoms with Crippen molar-refractivity contribution >= 4 is 28.6 Å². The van der Waals surface area contributed by atoms with Crippen LogP contribution in [-0.2, 0) is 11.2 Å². The molecule has 4 N–H and O–H groups in total. The quantitative estimate of drug-likeness (QED) is 0.735. The van der Waals surface area contributed by atoms with Crippen LogP contribution in [-0.4, -0.2) is 35.0 Å². The minimum Gasteiger partial charge on any atom is -0.361 e. The number of hydrogen-bond acceptors (Lipinski definition) is 3. The third kappa shape index (κ3) is 4.25. The number of nitrogens with two attached hydrogens (primary N) is 1. The molecule has 21 heavy (non-hydrogen) atoms. The van der Waals surface area contributed by atoms with E-state index >= 15 is 0 Å². The summed E-state index contributed by atoms with van der Waals surface area (Å²) in [6.07, 6.45) is 5.53. The van der Waals surface area contributed by atoms with Gasteiger partial charge in [-0.2, -0.15) is 11.8 Å². The lowest BCUT2D eigenvalue weighted by atomic mass is 10.1. The van der Waals surface area contributed by atoms with Gasteiger partial charge in [-0.25, -0.2) is 0 Å². The Bertz CT molecular complexity index is 596. The highest BCUT2D eigenvalue weighted by molar-refractivity contribution is 7.99. The molecule has 5 heteroatoms. The number of carbonyl (C=O) groups excluding carboxylic acids is 1. The summed E-state index contributed by atoms with van der Waals surface area (Å²) >= 11 is 1.80. The average molecular weight is 305 g/mol. The van der Waals surface area contributed by atoms with Crippen molar-refractivity contribution in [3.05, 3.63) is 36.0 Å². The molecule has 0 spiro atoms. The molecular weight excluding hydrogens is 282 g/mol. The largest absolute Gasteiger partial charge is 0.361 e. The lowest BCUT2D eigenvalue weighted by molar-refractivity contribution is -0.122. The Morgan fingerprint density at radius 1 is 1.43 bits per heavy atom. The Kier molecular flexibility index (Phi) is 5.70. The first-order valence-corrected chi connectivity index (χ1v) is 8.51. The van der Waals surface area contributed by atoms with Gasteiger partial charge in [0.15, 0.2) is 0 Å². The first kappa shape index (κ1) is 15.9. The maximum atomic E-state index is 12.0. The van der Waals surface area contributed by atoms with Crippen LogP contribution in [0.5, 0.6) is 0 Å². The molecule has 1 heterocycles. The fourth-order valence-corrected chi connectivity index (χ4v) is 2.63. The van der Waals surface area contributed by atoms with E-state index in [0.717, 1.165) is 22.9 Å². The van der Waals surface area contributed by atoms with Crippen molar-refractivity contribution in [3.63, 3.8) is 0 Å². The van der Waals surface area contributed by atoms with Crippen molar-refractivity contribution in [2.45, 2.75) is 31.1 Å². The number of aromatic amines is 1. The molecule has 1 aromatic carbocycles. The van der Waals surface area contributed by atoms with Gasteiger partial charge < -0.3 is 16.0 Å². The topological polar surface area (TPSA) is 70.9 Å². The summed E-state index contributed by atoms with van der Waals surface area (Å²) in [5.41, 5.74) is 8.18. The summed E-state index contributed by atoms with van der Waals surface area (Å²) in [5, 5.41) is 4.61. The molecule has 0 aliphatic heterocycles. The first-order valence-electron chi connectivity index (χ1n) is 7.23. The van der Waals surface area contributed by atoms with Gasteiger partial charge >= 0.3 is 0 Å². The first-order chi connectivity index (χ1) is 10.1. The second-order valence-electron chi connectivity index (χ2n) is 5.30. The molecule has 0 saturated carbocycles. The maximum Gasteiger partial charge on any atom is 0.237 e.